The largest absolute Gasteiger partial charge is 0.496 e. The Morgan fingerprint density at radius 3 is 2.12 bits per heavy atom. The molecule has 0 aromatic heterocycles. The number of rotatable bonds is 4. The Morgan fingerprint density at radius 2 is 1.71 bits per heavy atom. The van der Waals surface area contributed by atoms with Crippen molar-refractivity contribution in [1.82, 2.24) is 0 Å². The van der Waals surface area contributed by atoms with Crippen LogP contribution in [-0.4, -0.2) is 24.9 Å². The minimum absolute atomic E-state index is 0.620. The fourth-order valence-electron chi connectivity index (χ4n) is 1.69. The first kappa shape index (κ1) is 13.8. The molecule has 4 nitrogen and oxygen atoms in total. The van der Waals surface area contributed by atoms with E-state index in [0.29, 0.717) is 17.1 Å². The Morgan fingerprint density at radius 1 is 1.18 bits per heavy atom. The molecule has 0 radical (unpaired) electrons. The van der Waals surface area contributed by atoms with Gasteiger partial charge >= 0.3 is 0 Å². The maximum Gasteiger partial charge on any atom is 0.125 e. The molecule has 1 rings (SSSR count). The highest BCUT2D eigenvalue weighted by atomic mass is 16.5. The van der Waals surface area contributed by atoms with Gasteiger partial charge in [0.05, 0.1) is 14.2 Å². The normalized spacial score (nSPS) is 13.4. The van der Waals surface area contributed by atoms with Crippen LogP contribution in [0.2, 0.25) is 0 Å². The summed E-state index contributed by atoms with van der Waals surface area (Å²) < 4.78 is 10.5. The molecule has 0 aliphatic rings. The Labute approximate surface area is 102 Å². The van der Waals surface area contributed by atoms with Crippen molar-refractivity contribution in [2.24, 2.45) is 5.73 Å². The Bertz CT molecular complexity index is 396. The molecule has 0 bridgehead atoms. The van der Waals surface area contributed by atoms with Crippen molar-refractivity contribution in [2.75, 3.05) is 14.2 Å². The third kappa shape index (κ3) is 2.90. The van der Waals surface area contributed by atoms with Gasteiger partial charge in [-0.2, -0.15) is 0 Å². The van der Waals surface area contributed by atoms with Gasteiger partial charge in [0.1, 0.15) is 17.6 Å². The van der Waals surface area contributed by atoms with Crippen LogP contribution in [0.3, 0.4) is 0 Å². The first-order valence-corrected chi connectivity index (χ1v) is 5.50. The molecule has 0 aliphatic carbocycles. The van der Waals surface area contributed by atoms with E-state index in [1.165, 1.54) is 0 Å². The predicted molar refractivity (Wildman–Crippen MR) is 67.5 cm³/mol. The molecule has 0 aliphatic heterocycles. The number of hydrogen-bond donors (Lipinski definition) is 2. The lowest BCUT2D eigenvalue weighted by molar-refractivity contribution is 0.101. The van der Waals surface area contributed by atoms with Crippen molar-refractivity contribution in [1.29, 1.82) is 0 Å². The van der Waals surface area contributed by atoms with Gasteiger partial charge in [-0.3, -0.25) is 0 Å². The van der Waals surface area contributed by atoms with Crippen LogP contribution < -0.4 is 15.2 Å². The quantitative estimate of drug-likeness (QED) is 0.840. The van der Waals surface area contributed by atoms with Crippen LogP contribution in [-0.2, 0) is 0 Å². The molecule has 17 heavy (non-hydrogen) atoms. The van der Waals surface area contributed by atoms with Gasteiger partial charge in [0, 0.05) is 11.1 Å². The number of aliphatic hydroxyl groups is 1. The van der Waals surface area contributed by atoms with E-state index in [1.807, 2.05) is 13.0 Å². The number of aliphatic hydroxyl groups excluding tert-OH is 1. The summed E-state index contributed by atoms with van der Waals surface area (Å²) in [7, 11) is 3.17. The van der Waals surface area contributed by atoms with Crippen molar-refractivity contribution < 1.29 is 14.6 Å². The molecule has 1 aromatic carbocycles. The number of hydrogen-bond acceptors (Lipinski definition) is 4. The van der Waals surface area contributed by atoms with Gasteiger partial charge in [-0.1, -0.05) is 0 Å². The van der Waals surface area contributed by atoms with E-state index < -0.39 is 11.6 Å². The average molecular weight is 239 g/mol. The van der Waals surface area contributed by atoms with Gasteiger partial charge in [-0.05, 0) is 38.5 Å². The number of methoxy groups -OCH3 is 2. The van der Waals surface area contributed by atoms with Crippen molar-refractivity contribution in [3.8, 4) is 11.5 Å². The van der Waals surface area contributed by atoms with Crippen molar-refractivity contribution in [3.63, 3.8) is 0 Å². The number of benzene rings is 1. The molecular formula is C13H21NO3. The molecule has 4 heteroatoms. The highest BCUT2D eigenvalue weighted by molar-refractivity contribution is 5.47. The zero-order valence-corrected chi connectivity index (χ0v) is 11.1. The van der Waals surface area contributed by atoms with E-state index >= 15 is 0 Å². The second-order valence-corrected chi connectivity index (χ2v) is 4.79. The van der Waals surface area contributed by atoms with Gasteiger partial charge in [0.2, 0.25) is 0 Å². The van der Waals surface area contributed by atoms with Crippen LogP contribution in [0.5, 0.6) is 11.5 Å². The lowest BCUT2D eigenvalue weighted by Gasteiger charge is -2.28. The molecule has 0 saturated heterocycles. The minimum atomic E-state index is -0.813. The van der Waals surface area contributed by atoms with Crippen LogP contribution in [0.1, 0.15) is 31.1 Å². The highest BCUT2D eigenvalue weighted by Gasteiger charge is 2.28. The van der Waals surface area contributed by atoms with Crippen LogP contribution in [0.4, 0.5) is 0 Å². The summed E-state index contributed by atoms with van der Waals surface area (Å²) in [6.07, 6.45) is -0.813. The van der Waals surface area contributed by atoms with Gasteiger partial charge in [-0.25, -0.2) is 0 Å². The molecule has 1 aromatic rings. The van der Waals surface area contributed by atoms with Gasteiger partial charge in [0.25, 0.3) is 0 Å². The van der Waals surface area contributed by atoms with Gasteiger partial charge in [-0.15, -0.1) is 0 Å². The molecule has 1 atom stereocenters. The maximum atomic E-state index is 10.2. The Balaban J connectivity index is 3.30. The van der Waals surface area contributed by atoms with Crippen LogP contribution >= 0.6 is 0 Å². The fourth-order valence-corrected chi connectivity index (χ4v) is 1.69. The van der Waals surface area contributed by atoms with E-state index in [0.717, 1.165) is 5.56 Å². The molecular weight excluding hydrogens is 218 g/mol. The summed E-state index contributed by atoms with van der Waals surface area (Å²) in [5.74, 6) is 1.33. The van der Waals surface area contributed by atoms with Gasteiger partial charge < -0.3 is 20.3 Å². The SMILES string of the molecule is COc1cc(C(O)C(C)(C)N)c(OC)cc1C. The van der Waals surface area contributed by atoms with E-state index in [9.17, 15) is 5.11 Å². The molecule has 0 saturated carbocycles. The molecule has 0 amide bonds. The van der Waals surface area contributed by atoms with E-state index in [-0.39, 0.29) is 0 Å². The average Bonchev–Trinajstić information content (AvgIpc) is 2.26. The van der Waals surface area contributed by atoms with E-state index in [4.69, 9.17) is 15.2 Å². The lowest BCUT2D eigenvalue weighted by Crippen LogP contribution is -2.39. The Kier molecular flexibility index (Phi) is 4.01. The summed E-state index contributed by atoms with van der Waals surface area (Å²) in [6, 6.07) is 3.61. The third-order valence-corrected chi connectivity index (χ3v) is 2.75. The Hall–Kier alpha value is -1.26. The van der Waals surface area contributed by atoms with Crippen molar-refractivity contribution in [2.45, 2.75) is 32.4 Å². The summed E-state index contributed by atoms with van der Waals surface area (Å²) in [6.45, 7) is 5.46. The molecule has 0 spiro atoms. The van der Waals surface area contributed by atoms with E-state index in [1.54, 1.807) is 34.1 Å². The first-order chi connectivity index (χ1) is 7.81. The third-order valence-electron chi connectivity index (χ3n) is 2.75. The topological polar surface area (TPSA) is 64.7 Å². The zero-order chi connectivity index (χ0) is 13.2. The summed E-state index contributed by atoms with van der Waals surface area (Å²) in [5.41, 5.74) is 6.77. The van der Waals surface area contributed by atoms with Crippen molar-refractivity contribution in [3.05, 3.63) is 23.3 Å². The zero-order valence-electron chi connectivity index (χ0n) is 11.1. The van der Waals surface area contributed by atoms with Gasteiger partial charge in [0.15, 0.2) is 0 Å². The van der Waals surface area contributed by atoms with Crippen molar-refractivity contribution >= 4 is 0 Å². The number of nitrogens with two attached hydrogens (primary N) is 1. The smallest absolute Gasteiger partial charge is 0.125 e. The number of ether oxygens (including phenoxy) is 2. The first-order valence-electron chi connectivity index (χ1n) is 5.50. The lowest BCUT2D eigenvalue weighted by atomic mass is 9.91. The van der Waals surface area contributed by atoms with Crippen LogP contribution in [0.25, 0.3) is 0 Å². The fraction of sp³-hybridized carbons (Fsp3) is 0.538. The van der Waals surface area contributed by atoms with Crippen LogP contribution in [0, 0.1) is 6.92 Å². The molecule has 96 valence electrons. The van der Waals surface area contributed by atoms with E-state index in [2.05, 4.69) is 0 Å². The molecule has 0 heterocycles. The minimum Gasteiger partial charge on any atom is -0.496 e. The summed E-state index contributed by atoms with van der Waals surface area (Å²) >= 11 is 0. The number of aryl methyl sites for hydroxylation is 1. The molecule has 0 fully saturated rings. The van der Waals surface area contributed by atoms with Crippen LogP contribution in [0.15, 0.2) is 12.1 Å². The molecule has 1 unspecified atom stereocenters. The second kappa shape index (κ2) is 4.94. The monoisotopic (exact) mass is 239 g/mol. The molecule has 3 N–H and O–H groups in total. The standard InChI is InChI=1S/C13H21NO3/c1-8-6-11(17-5)9(7-10(8)16-4)12(15)13(2,3)14/h6-7,12,15H,14H2,1-5H3. The highest BCUT2D eigenvalue weighted by Crippen LogP contribution is 2.35. The summed E-state index contributed by atoms with van der Waals surface area (Å²) in [4.78, 5) is 0. The maximum absolute atomic E-state index is 10.2. The summed E-state index contributed by atoms with van der Waals surface area (Å²) in [5, 5.41) is 10.2. The predicted octanol–water partition coefficient (Wildman–Crippen LogP) is 1.78. The second-order valence-electron chi connectivity index (χ2n) is 4.79.